The third kappa shape index (κ3) is 3.47. The molecule has 0 fully saturated rings. The van der Waals surface area contributed by atoms with E-state index in [1.165, 1.54) is 6.26 Å². The van der Waals surface area contributed by atoms with Crippen molar-refractivity contribution in [3.63, 3.8) is 0 Å². The first-order chi connectivity index (χ1) is 6.51. The predicted octanol–water partition coefficient (Wildman–Crippen LogP) is 2.17. The van der Waals surface area contributed by atoms with Crippen LogP contribution in [0.5, 0.6) is 0 Å². The van der Waals surface area contributed by atoms with E-state index in [9.17, 15) is 8.42 Å². The smallest absolute Gasteiger partial charge is 0.151 e. The van der Waals surface area contributed by atoms with Crippen molar-refractivity contribution < 1.29 is 8.42 Å². The lowest BCUT2D eigenvalue weighted by Gasteiger charge is -1.98. The van der Waals surface area contributed by atoms with Gasteiger partial charge in [0.15, 0.2) is 9.84 Å². The van der Waals surface area contributed by atoms with Gasteiger partial charge in [-0.1, -0.05) is 29.4 Å². The second-order valence-electron chi connectivity index (χ2n) is 2.93. The minimum absolute atomic E-state index is 0.00352. The van der Waals surface area contributed by atoms with Crippen LogP contribution >= 0.6 is 0 Å². The van der Waals surface area contributed by atoms with Gasteiger partial charge in [-0.3, -0.25) is 0 Å². The van der Waals surface area contributed by atoms with Crippen molar-refractivity contribution in [1.82, 2.24) is 0 Å². The van der Waals surface area contributed by atoms with E-state index in [0.29, 0.717) is 11.3 Å². The number of azide groups is 1. The van der Waals surface area contributed by atoms with Gasteiger partial charge in [-0.15, -0.1) is 0 Å². The highest BCUT2D eigenvalue weighted by Crippen LogP contribution is 2.14. The van der Waals surface area contributed by atoms with Crippen LogP contribution in [0.2, 0.25) is 0 Å². The standard InChI is InChI=1S/C8H9N3O2S/c1-14(12,13)6-7-2-4-8(5-3-7)10-11-9/h2-5H,6H2,1H3. The van der Waals surface area contributed by atoms with Gasteiger partial charge in [-0.05, 0) is 11.1 Å². The zero-order valence-corrected chi connectivity index (χ0v) is 8.40. The molecule has 0 aromatic heterocycles. The summed E-state index contributed by atoms with van der Waals surface area (Å²) in [5.41, 5.74) is 9.30. The molecule has 0 spiro atoms. The molecule has 5 nitrogen and oxygen atoms in total. The Morgan fingerprint density at radius 3 is 2.36 bits per heavy atom. The molecule has 0 aliphatic rings. The number of hydrogen-bond acceptors (Lipinski definition) is 3. The van der Waals surface area contributed by atoms with E-state index in [2.05, 4.69) is 10.0 Å². The Hall–Kier alpha value is -1.52. The maximum absolute atomic E-state index is 10.9. The summed E-state index contributed by atoms with van der Waals surface area (Å²) in [6.45, 7) is 0. The number of sulfone groups is 1. The molecule has 1 aromatic rings. The first-order valence-electron chi connectivity index (χ1n) is 3.83. The van der Waals surface area contributed by atoms with Crippen LogP contribution < -0.4 is 0 Å². The highest BCUT2D eigenvalue weighted by molar-refractivity contribution is 7.89. The van der Waals surface area contributed by atoms with Crippen LogP contribution in [0.4, 0.5) is 5.69 Å². The van der Waals surface area contributed by atoms with Gasteiger partial charge in [0.05, 0.1) is 5.75 Å². The molecule has 0 aliphatic carbocycles. The van der Waals surface area contributed by atoms with Crippen molar-refractivity contribution in [3.05, 3.63) is 40.3 Å². The number of nitrogens with zero attached hydrogens (tertiary/aromatic N) is 3. The fraction of sp³-hybridized carbons (Fsp3) is 0.250. The molecule has 0 amide bonds. The molecular weight excluding hydrogens is 202 g/mol. The highest BCUT2D eigenvalue weighted by Gasteiger charge is 2.03. The monoisotopic (exact) mass is 211 g/mol. The normalized spacial score (nSPS) is 10.6. The Labute approximate surface area is 81.9 Å². The van der Waals surface area contributed by atoms with Crippen LogP contribution in [0.3, 0.4) is 0 Å². The van der Waals surface area contributed by atoms with Crippen LogP contribution in [-0.4, -0.2) is 14.7 Å². The van der Waals surface area contributed by atoms with Crippen molar-refractivity contribution >= 4 is 15.5 Å². The molecule has 14 heavy (non-hydrogen) atoms. The third-order valence-electron chi connectivity index (χ3n) is 1.53. The van der Waals surface area contributed by atoms with Crippen molar-refractivity contribution in [2.24, 2.45) is 5.11 Å². The van der Waals surface area contributed by atoms with Gasteiger partial charge in [0.25, 0.3) is 0 Å². The summed E-state index contributed by atoms with van der Waals surface area (Å²) in [5, 5.41) is 3.38. The zero-order chi connectivity index (χ0) is 10.6. The summed E-state index contributed by atoms with van der Waals surface area (Å²) < 4.78 is 21.9. The topological polar surface area (TPSA) is 82.9 Å². The van der Waals surface area contributed by atoms with Crippen LogP contribution in [0.25, 0.3) is 10.4 Å². The number of benzene rings is 1. The molecule has 0 saturated carbocycles. The lowest BCUT2D eigenvalue weighted by molar-refractivity contribution is 0.601. The maximum atomic E-state index is 10.9. The number of hydrogen-bond donors (Lipinski definition) is 0. The quantitative estimate of drug-likeness (QED) is 0.436. The molecule has 0 radical (unpaired) electrons. The molecule has 0 aliphatic heterocycles. The highest BCUT2D eigenvalue weighted by atomic mass is 32.2. The van der Waals surface area contributed by atoms with Gasteiger partial charge in [0, 0.05) is 16.9 Å². The first-order valence-corrected chi connectivity index (χ1v) is 5.89. The summed E-state index contributed by atoms with van der Waals surface area (Å²) in [6.07, 6.45) is 1.17. The Morgan fingerprint density at radius 1 is 1.36 bits per heavy atom. The minimum atomic E-state index is -3.01. The second kappa shape index (κ2) is 4.13. The van der Waals surface area contributed by atoms with Gasteiger partial charge in [-0.2, -0.15) is 0 Å². The SMILES string of the molecule is CS(=O)(=O)Cc1ccc(N=[N+]=[N-])cc1. The van der Waals surface area contributed by atoms with Crippen molar-refractivity contribution in [1.29, 1.82) is 0 Å². The van der Waals surface area contributed by atoms with Crippen LogP contribution in [0.15, 0.2) is 29.4 Å². The summed E-state index contributed by atoms with van der Waals surface area (Å²) in [5.74, 6) is 0.00352. The van der Waals surface area contributed by atoms with E-state index < -0.39 is 9.84 Å². The largest absolute Gasteiger partial charge is 0.229 e. The molecule has 1 aromatic carbocycles. The fourth-order valence-electron chi connectivity index (χ4n) is 1.01. The molecular formula is C8H9N3O2S. The van der Waals surface area contributed by atoms with Gasteiger partial charge in [-0.25, -0.2) is 8.42 Å². The lowest BCUT2D eigenvalue weighted by atomic mass is 10.2. The summed E-state index contributed by atoms with van der Waals surface area (Å²) >= 11 is 0. The predicted molar refractivity (Wildman–Crippen MR) is 53.8 cm³/mol. The molecule has 6 heteroatoms. The molecule has 0 unspecified atom stereocenters. The molecule has 74 valence electrons. The Kier molecular flexibility index (Phi) is 3.11. The van der Waals surface area contributed by atoms with E-state index in [-0.39, 0.29) is 5.75 Å². The lowest BCUT2D eigenvalue weighted by Crippen LogP contribution is -1.99. The molecule has 0 atom stereocenters. The van der Waals surface area contributed by atoms with Gasteiger partial charge in [0.1, 0.15) is 0 Å². The van der Waals surface area contributed by atoms with E-state index in [1.807, 2.05) is 0 Å². The van der Waals surface area contributed by atoms with Crippen molar-refractivity contribution in [3.8, 4) is 0 Å². The zero-order valence-electron chi connectivity index (χ0n) is 7.58. The fourth-order valence-corrected chi connectivity index (χ4v) is 1.81. The van der Waals surface area contributed by atoms with Crippen molar-refractivity contribution in [2.45, 2.75) is 5.75 Å². The number of rotatable bonds is 3. The Balaban J connectivity index is 2.89. The average molecular weight is 211 g/mol. The van der Waals surface area contributed by atoms with Gasteiger partial charge < -0.3 is 0 Å². The van der Waals surface area contributed by atoms with E-state index in [0.717, 1.165) is 0 Å². The molecule has 1 rings (SSSR count). The third-order valence-corrected chi connectivity index (χ3v) is 2.38. The van der Waals surface area contributed by atoms with E-state index in [4.69, 9.17) is 5.53 Å². The summed E-state index contributed by atoms with van der Waals surface area (Å²) in [4.78, 5) is 2.62. The minimum Gasteiger partial charge on any atom is -0.229 e. The molecule has 0 heterocycles. The van der Waals surface area contributed by atoms with E-state index >= 15 is 0 Å². The maximum Gasteiger partial charge on any atom is 0.151 e. The first kappa shape index (κ1) is 10.6. The van der Waals surface area contributed by atoms with Crippen LogP contribution in [0.1, 0.15) is 5.56 Å². The van der Waals surface area contributed by atoms with E-state index in [1.54, 1.807) is 24.3 Å². The summed E-state index contributed by atoms with van der Waals surface area (Å²) in [6, 6.07) is 6.43. The molecule has 0 N–H and O–H groups in total. The van der Waals surface area contributed by atoms with Crippen LogP contribution in [0, 0.1) is 0 Å². The molecule has 0 saturated heterocycles. The average Bonchev–Trinajstić information content (AvgIpc) is 2.06. The molecule has 0 bridgehead atoms. The van der Waals surface area contributed by atoms with Gasteiger partial charge >= 0.3 is 0 Å². The van der Waals surface area contributed by atoms with Crippen LogP contribution in [-0.2, 0) is 15.6 Å². The summed E-state index contributed by atoms with van der Waals surface area (Å²) in [7, 11) is -3.01. The van der Waals surface area contributed by atoms with Crippen molar-refractivity contribution in [2.75, 3.05) is 6.26 Å². The second-order valence-corrected chi connectivity index (χ2v) is 5.07. The Morgan fingerprint density at radius 2 is 1.93 bits per heavy atom. The van der Waals surface area contributed by atoms with Gasteiger partial charge in [0.2, 0.25) is 0 Å². The Bertz CT molecular complexity index is 458.